The van der Waals surface area contributed by atoms with E-state index in [1.54, 1.807) is 0 Å². The second-order valence-electron chi connectivity index (χ2n) is 5.27. The van der Waals surface area contributed by atoms with Crippen LogP contribution < -0.4 is 4.90 Å². The van der Waals surface area contributed by atoms with Crippen molar-refractivity contribution in [2.24, 2.45) is 0 Å². The van der Waals surface area contributed by atoms with E-state index in [0.717, 1.165) is 5.56 Å². The molecule has 0 spiro atoms. The number of nitrogens with zero attached hydrogens (tertiary/aromatic N) is 2. The molecule has 1 aromatic rings. The molecule has 0 saturated carbocycles. The molecular formula is C15H18N2O3. The number of amides is 2. The molecule has 2 fully saturated rings. The number of benzene rings is 1. The Morgan fingerprint density at radius 2 is 1.95 bits per heavy atom. The average Bonchev–Trinajstić information content (AvgIpc) is 2.75. The maximum atomic E-state index is 12.5. The van der Waals surface area contributed by atoms with E-state index in [1.807, 2.05) is 31.2 Å². The van der Waals surface area contributed by atoms with E-state index in [9.17, 15) is 9.59 Å². The molecule has 2 aliphatic rings. The van der Waals surface area contributed by atoms with E-state index in [1.165, 1.54) is 4.90 Å². The molecule has 5 heteroatoms. The van der Waals surface area contributed by atoms with Crippen molar-refractivity contribution in [2.45, 2.75) is 19.4 Å². The molecule has 2 aliphatic heterocycles. The Bertz CT molecular complexity index is 538. The van der Waals surface area contributed by atoms with Gasteiger partial charge in [0, 0.05) is 13.1 Å². The van der Waals surface area contributed by atoms with Crippen molar-refractivity contribution in [1.82, 2.24) is 4.90 Å². The van der Waals surface area contributed by atoms with Crippen molar-refractivity contribution in [2.75, 3.05) is 31.2 Å². The summed E-state index contributed by atoms with van der Waals surface area (Å²) in [5.74, 6) is -0.223. The fraction of sp³-hybridized carbons (Fsp3) is 0.467. The molecule has 5 nitrogen and oxygen atoms in total. The van der Waals surface area contributed by atoms with E-state index in [0.29, 0.717) is 32.0 Å². The lowest BCUT2D eigenvalue weighted by atomic mass is 10.2. The van der Waals surface area contributed by atoms with E-state index >= 15 is 0 Å². The van der Waals surface area contributed by atoms with Crippen LogP contribution >= 0.6 is 0 Å². The topological polar surface area (TPSA) is 49.9 Å². The van der Waals surface area contributed by atoms with Crippen molar-refractivity contribution in [3.05, 3.63) is 29.8 Å². The minimum absolute atomic E-state index is 0.109. The SMILES string of the molecule is Cc1cccc(N2C(=O)C[C@H](N3CCOCC3)C2=O)c1. The average molecular weight is 274 g/mol. The molecule has 0 radical (unpaired) electrons. The summed E-state index contributed by atoms with van der Waals surface area (Å²) in [6.07, 6.45) is 0.271. The Balaban J connectivity index is 1.83. The van der Waals surface area contributed by atoms with Crippen LogP contribution in [-0.4, -0.2) is 49.1 Å². The first-order valence-corrected chi connectivity index (χ1v) is 6.92. The van der Waals surface area contributed by atoms with E-state index in [-0.39, 0.29) is 24.3 Å². The van der Waals surface area contributed by atoms with Crippen LogP contribution in [0.15, 0.2) is 24.3 Å². The summed E-state index contributed by atoms with van der Waals surface area (Å²) in [4.78, 5) is 28.1. The molecule has 2 saturated heterocycles. The molecule has 0 aromatic heterocycles. The quantitative estimate of drug-likeness (QED) is 0.754. The molecule has 0 unspecified atom stereocenters. The summed E-state index contributed by atoms with van der Waals surface area (Å²) >= 11 is 0. The minimum Gasteiger partial charge on any atom is -0.379 e. The minimum atomic E-state index is -0.327. The molecule has 0 aliphatic carbocycles. The second-order valence-corrected chi connectivity index (χ2v) is 5.27. The molecule has 106 valence electrons. The van der Waals surface area contributed by atoms with Gasteiger partial charge in [-0.15, -0.1) is 0 Å². The van der Waals surface area contributed by atoms with Gasteiger partial charge in [0.25, 0.3) is 5.91 Å². The molecule has 1 aromatic carbocycles. The molecule has 1 atom stereocenters. The number of rotatable bonds is 2. The van der Waals surface area contributed by atoms with E-state index in [4.69, 9.17) is 4.74 Å². The molecule has 3 rings (SSSR count). The predicted octanol–water partition coefficient (Wildman–Crippen LogP) is 0.959. The van der Waals surface area contributed by atoms with Gasteiger partial charge in [-0.25, -0.2) is 4.90 Å². The predicted molar refractivity (Wildman–Crippen MR) is 74.5 cm³/mol. The Kier molecular flexibility index (Phi) is 3.54. The zero-order valence-corrected chi connectivity index (χ0v) is 11.5. The zero-order valence-electron chi connectivity index (χ0n) is 11.5. The van der Waals surface area contributed by atoms with Gasteiger partial charge < -0.3 is 4.74 Å². The smallest absolute Gasteiger partial charge is 0.251 e. The van der Waals surface area contributed by atoms with Crippen molar-refractivity contribution in [1.29, 1.82) is 0 Å². The summed E-state index contributed by atoms with van der Waals surface area (Å²) in [5.41, 5.74) is 1.72. The first-order chi connectivity index (χ1) is 9.66. The standard InChI is InChI=1S/C15H18N2O3/c1-11-3-2-4-12(9-11)17-14(18)10-13(15(17)19)16-5-7-20-8-6-16/h2-4,9,13H,5-8,10H2,1H3/t13-/m0/s1. The Morgan fingerprint density at radius 3 is 2.65 bits per heavy atom. The van der Waals surface area contributed by atoms with Crippen molar-refractivity contribution in [3.63, 3.8) is 0 Å². The van der Waals surface area contributed by atoms with E-state index in [2.05, 4.69) is 4.90 Å². The summed E-state index contributed by atoms with van der Waals surface area (Å²) in [6, 6.07) is 7.18. The van der Waals surface area contributed by atoms with Crippen LogP contribution in [0.3, 0.4) is 0 Å². The van der Waals surface area contributed by atoms with Gasteiger partial charge in [0.15, 0.2) is 0 Å². The number of hydrogen-bond acceptors (Lipinski definition) is 4. The van der Waals surface area contributed by atoms with Crippen LogP contribution in [-0.2, 0) is 14.3 Å². The second kappa shape index (κ2) is 5.34. The number of imide groups is 1. The third-order valence-corrected chi connectivity index (χ3v) is 3.87. The number of hydrogen-bond donors (Lipinski definition) is 0. The number of anilines is 1. The molecule has 2 amide bonds. The molecule has 20 heavy (non-hydrogen) atoms. The van der Waals surface area contributed by atoms with Gasteiger partial charge in [0.05, 0.1) is 31.4 Å². The highest BCUT2D eigenvalue weighted by Crippen LogP contribution is 2.26. The van der Waals surface area contributed by atoms with E-state index < -0.39 is 0 Å². The number of carbonyl (C=O) groups excluding carboxylic acids is 2. The van der Waals surface area contributed by atoms with Crippen LogP contribution in [0.5, 0.6) is 0 Å². The summed E-state index contributed by atoms with van der Waals surface area (Å²) in [5, 5.41) is 0. The number of aryl methyl sites for hydroxylation is 1. The lowest BCUT2D eigenvalue weighted by Gasteiger charge is -2.30. The molecule has 2 heterocycles. The Morgan fingerprint density at radius 1 is 1.20 bits per heavy atom. The Labute approximate surface area is 118 Å². The fourth-order valence-corrected chi connectivity index (χ4v) is 2.83. The van der Waals surface area contributed by atoms with Crippen molar-refractivity contribution >= 4 is 17.5 Å². The van der Waals surface area contributed by atoms with Gasteiger partial charge in [-0.05, 0) is 24.6 Å². The number of morpholine rings is 1. The van der Waals surface area contributed by atoms with Gasteiger partial charge in [0.1, 0.15) is 0 Å². The van der Waals surface area contributed by atoms with Crippen LogP contribution in [0.4, 0.5) is 5.69 Å². The third-order valence-electron chi connectivity index (χ3n) is 3.87. The number of ether oxygens (including phenoxy) is 1. The van der Waals surface area contributed by atoms with Crippen molar-refractivity contribution < 1.29 is 14.3 Å². The number of carbonyl (C=O) groups is 2. The first kappa shape index (κ1) is 13.3. The van der Waals surface area contributed by atoms with Crippen LogP contribution in [0, 0.1) is 6.92 Å². The fourth-order valence-electron chi connectivity index (χ4n) is 2.83. The lowest BCUT2D eigenvalue weighted by Crippen LogP contribution is -2.47. The highest BCUT2D eigenvalue weighted by molar-refractivity contribution is 6.22. The largest absolute Gasteiger partial charge is 0.379 e. The third kappa shape index (κ3) is 2.34. The molecule has 0 N–H and O–H groups in total. The molecule has 0 bridgehead atoms. The van der Waals surface area contributed by atoms with Crippen molar-refractivity contribution in [3.8, 4) is 0 Å². The maximum Gasteiger partial charge on any atom is 0.251 e. The maximum absolute atomic E-state index is 12.5. The molecular weight excluding hydrogens is 256 g/mol. The highest BCUT2D eigenvalue weighted by Gasteiger charge is 2.42. The van der Waals surface area contributed by atoms with Gasteiger partial charge >= 0.3 is 0 Å². The van der Waals surface area contributed by atoms with Gasteiger partial charge in [-0.1, -0.05) is 12.1 Å². The zero-order chi connectivity index (χ0) is 14.1. The first-order valence-electron chi connectivity index (χ1n) is 6.92. The lowest BCUT2D eigenvalue weighted by molar-refractivity contribution is -0.123. The van der Waals surface area contributed by atoms with Gasteiger partial charge in [-0.3, -0.25) is 14.5 Å². The van der Waals surface area contributed by atoms with Crippen LogP contribution in [0.2, 0.25) is 0 Å². The summed E-state index contributed by atoms with van der Waals surface area (Å²) in [7, 11) is 0. The monoisotopic (exact) mass is 274 g/mol. The summed E-state index contributed by atoms with van der Waals surface area (Å²) in [6.45, 7) is 4.63. The highest BCUT2D eigenvalue weighted by atomic mass is 16.5. The normalized spacial score (nSPS) is 24.4. The van der Waals surface area contributed by atoms with Gasteiger partial charge in [0.2, 0.25) is 5.91 Å². The Hall–Kier alpha value is -1.72. The summed E-state index contributed by atoms with van der Waals surface area (Å²) < 4.78 is 5.30. The van der Waals surface area contributed by atoms with Gasteiger partial charge in [-0.2, -0.15) is 0 Å². The van der Waals surface area contributed by atoms with Crippen LogP contribution in [0.1, 0.15) is 12.0 Å². The van der Waals surface area contributed by atoms with Crippen LogP contribution in [0.25, 0.3) is 0 Å².